The monoisotopic (exact) mass is 839 g/mol. The third kappa shape index (κ3) is 7.41. The standard InChI is InChI=1S/C60H74OSi/c1-34-22-35(2)25-40(24-34)51-45-20-19-21-46(45)52(41-26-36(3)23-37(4)27-41)54-49(51)29-39(6)57(54)62(17,18)56-38(5)28-47-48(56)33-50(60(13,14)15)55(61-16)53(47)42-30-43(58(7,8)9)32-44(31-42)59(10,11)12/h22-33,56-57H,19-21H2,1-18H3. The molecule has 0 saturated heterocycles. The summed E-state index contributed by atoms with van der Waals surface area (Å²) in [6.07, 6.45) is 8.72. The molecule has 8 rings (SSSR count). The molecule has 0 heterocycles. The van der Waals surface area contributed by atoms with Crippen LogP contribution in [-0.2, 0) is 29.1 Å². The number of hydrogen-bond acceptors (Lipinski definition) is 1. The Morgan fingerprint density at radius 3 is 1.44 bits per heavy atom. The van der Waals surface area contributed by atoms with Crippen molar-refractivity contribution >= 4 is 20.2 Å². The van der Waals surface area contributed by atoms with Crippen LogP contribution in [0.2, 0.25) is 13.1 Å². The van der Waals surface area contributed by atoms with Crippen molar-refractivity contribution in [3.8, 4) is 39.1 Å². The maximum absolute atomic E-state index is 6.62. The zero-order valence-electron chi connectivity index (χ0n) is 41.6. The minimum Gasteiger partial charge on any atom is -0.496 e. The molecule has 0 amide bonds. The van der Waals surface area contributed by atoms with Crippen molar-refractivity contribution in [3.05, 3.63) is 144 Å². The number of rotatable bonds is 6. The molecule has 0 radical (unpaired) electrons. The SMILES string of the molecule is COc1c(C(C)(C)C)cc2c(c1-c1cc(C(C)(C)C)cc(C(C)(C)C)c1)C=C(C)C2[Si](C)(C)C1C(C)=Cc2c(-c3cc(C)cc(C)c3)c3c(c(-c4cc(C)cc(C)c4)c21)CCC3. The Labute approximate surface area is 377 Å². The van der Waals surface area contributed by atoms with Gasteiger partial charge in [0.05, 0.1) is 15.2 Å². The summed E-state index contributed by atoms with van der Waals surface area (Å²) >= 11 is 0. The van der Waals surface area contributed by atoms with E-state index in [4.69, 9.17) is 4.74 Å². The minimum absolute atomic E-state index is 0.000686. The maximum Gasteiger partial charge on any atom is 0.131 e. The van der Waals surface area contributed by atoms with Crippen LogP contribution < -0.4 is 4.74 Å². The Hall–Kier alpha value is -4.40. The van der Waals surface area contributed by atoms with Gasteiger partial charge in [0.15, 0.2) is 0 Å². The lowest BCUT2D eigenvalue weighted by atomic mass is 9.77. The predicted octanol–water partition coefficient (Wildman–Crippen LogP) is 16.8. The molecule has 0 bridgehead atoms. The van der Waals surface area contributed by atoms with Crippen LogP contribution in [0.5, 0.6) is 5.75 Å². The van der Waals surface area contributed by atoms with E-state index in [2.05, 4.69) is 190 Å². The van der Waals surface area contributed by atoms with E-state index in [1.807, 2.05) is 7.11 Å². The molecule has 0 saturated carbocycles. The molecule has 0 N–H and O–H groups in total. The van der Waals surface area contributed by atoms with Crippen molar-refractivity contribution in [1.29, 1.82) is 0 Å². The maximum atomic E-state index is 6.62. The smallest absolute Gasteiger partial charge is 0.131 e. The Balaban J connectivity index is 1.43. The molecular formula is C60H74OSi. The van der Waals surface area contributed by atoms with Gasteiger partial charge in [0.25, 0.3) is 0 Å². The zero-order valence-corrected chi connectivity index (χ0v) is 42.6. The highest BCUT2D eigenvalue weighted by molar-refractivity contribution is 6.82. The fourth-order valence-electron chi connectivity index (χ4n) is 12.2. The number of methoxy groups -OCH3 is 1. The third-order valence-electron chi connectivity index (χ3n) is 14.7. The van der Waals surface area contributed by atoms with E-state index in [9.17, 15) is 0 Å². The molecule has 0 aromatic heterocycles. The molecule has 62 heavy (non-hydrogen) atoms. The Morgan fingerprint density at radius 1 is 0.500 bits per heavy atom. The summed E-state index contributed by atoms with van der Waals surface area (Å²) in [7, 11) is -0.435. The van der Waals surface area contributed by atoms with E-state index in [-0.39, 0.29) is 16.2 Å². The highest BCUT2D eigenvalue weighted by Crippen LogP contribution is 2.60. The molecule has 0 fully saturated rings. The average molecular weight is 839 g/mol. The number of fused-ring (bicyclic) bond motifs is 3. The van der Waals surface area contributed by atoms with Crippen LogP contribution in [0, 0.1) is 27.7 Å². The lowest BCUT2D eigenvalue weighted by molar-refractivity contribution is 0.399. The fourth-order valence-corrected chi connectivity index (χ4v) is 17.2. The second-order valence-corrected chi connectivity index (χ2v) is 28.3. The molecule has 3 aliphatic rings. The molecule has 2 unspecified atom stereocenters. The number of benzene rings is 5. The van der Waals surface area contributed by atoms with Crippen LogP contribution in [0.15, 0.2) is 71.8 Å². The van der Waals surface area contributed by atoms with Crippen molar-refractivity contribution in [2.24, 2.45) is 0 Å². The molecule has 5 aromatic carbocycles. The Bertz CT molecular complexity index is 2650. The Morgan fingerprint density at radius 2 is 0.952 bits per heavy atom. The summed E-state index contributed by atoms with van der Waals surface area (Å²) in [5.41, 5.74) is 30.6. The normalized spacial score (nSPS) is 17.5. The van der Waals surface area contributed by atoms with Crippen LogP contribution in [0.1, 0.15) is 166 Å². The number of allylic oxidation sites excluding steroid dienone is 2. The van der Waals surface area contributed by atoms with Gasteiger partial charge in [-0.2, -0.15) is 0 Å². The first-order chi connectivity index (χ1) is 28.8. The quantitative estimate of drug-likeness (QED) is 0.155. The van der Waals surface area contributed by atoms with E-state index in [1.54, 1.807) is 22.3 Å². The zero-order chi connectivity index (χ0) is 45.2. The molecule has 2 heteroatoms. The van der Waals surface area contributed by atoms with Crippen molar-refractivity contribution in [2.75, 3.05) is 7.11 Å². The van der Waals surface area contributed by atoms with Gasteiger partial charge in [-0.05, 0) is 149 Å². The van der Waals surface area contributed by atoms with E-state index in [0.717, 1.165) is 18.6 Å². The summed E-state index contributed by atoms with van der Waals surface area (Å²) in [5, 5.41) is 0. The van der Waals surface area contributed by atoms with Gasteiger partial charge in [-0.15, -0.1) is 0 Å². The van der Waals surface area contributed by atoms with Gasteiger partial charge in [0, 0.05) is 22.2 Å². The summed E-state index contributed by atoms with van der Waals surface area (Å²) in [6, 6.07) is 24.6. The van der Waals surface area contributed by atoms with Gasteiger partial charge in [-0.1, -0.05) is 182 Å². The van der Waals surface area contributed by atoms with Gasteiger partial charge >= 0.3 is 0 Å². The lowest BCUT2D eigenvalue weighted by Gasteiger charge is -2.41. The topological polar surface area (TPSA) is 9.23 Å². The Kier molecular flexibility index (Phi) is 10.8. The summed E-state index contributed by atoms with van der Waals surface area (Å²) in [5.74, 6) is 1.03. The van der Waals surface area contributed by atoms with Crippen LogP contribution in [0.3, 0.4) is 0 Å². The van der Waals surface area contributed by atoms with Crippen molar-refractivity contribution in [3.63, 3.8) is 0 Å². The molecule has 3 aliphatic carbocycles. The molecule has 1 nitrogen and oxygen atoms in total. The largest absolute Gasteiger partial charge is 0.496 e. The fraction of sp³-hybridized carbons (Fsp3) is 0.433. The molecule has 0 aliphatic heterocycles. The van der Waals surface area contributed by atoms with E-state index < -0.39 is 8.07 Å². The van der Waals surface area contributed by atoms with Crippen molar-refractivity contribution < 1.29 is 4.74 Å². The van der Waals surface area contributed by atoms with Gasteiger partial charge in [-0.25, -0.2) is 0 Å². The molecule has 324 valence electrons. The van der Waals surface area contributed by atoms with Gasteiger partial charge in [0.2, 0.25) is 0 Å². The highest BCUT2D eigenvalue weighted by Gasteiger charge is 2.50. The first kappa shape index (κ1) is 44.2. The highest BCUT2D eigenvalue weighted by atomic mass is 28.3. The van der Waals surface area contributed by atoms with Crippen LogP contribution in [0.25, 0.3) is 45.5 Å². The van der Waals surface area contributed by atoms with Crippen LogP contribution in [0.4, 0.5) is 0 Å². The van der Waals surface area contributed by atoms with Gasteiger partial charge in [-0.3, -0.25) is 0 Å². The molecular weight excluding hydrogens is 765 g/mol. The second-order valence-electron chi connectivity index (χ2n) is 23.5. The van der Waals surface area contributed by atoms with E-state index >= 15 is 0 Å². The number of aryl methyl sites for hydroxylation is 4. The molecule has 2 atom stereocenters. The van der Waals surface area contributed by atoms with Crippen molar-refractivity contribution in [2.45, 2.75) is 164 Å². The van der Waals surface area contributed by atoms with Gasteiger partial charge < -0.3 is 4.74 Å². The van der Waals surface area contributed by atoms with Crippen LogP contribution >= 0.6 is 0 Å². The second kappa shape index (κ2) is 15.1. The minimum atomic E-state index is -2.33. The van der Waals surface area contributed by atoms with Gasteiger partial charge in [0.1, 0.15) is 5.75 Å². The molecule has 5 aromatic rings. The average Bonchev–Trinajstić information content (AvgIpc) is 3.85. The number of hydrogen-bond donors (Lipinski definition) is 0. The number of ether oxygens (including phenoxy) is 1. The predicted molar refractivity (Wildman–Crippen MR) is 273 cm³/mol. The third-order valence-corrected chi connectivity index (χ3v) is 19.2. The summed E-state index contributed by atoms with van der Waals surface area (Å²) in [6.45, 7) is 40.7. The molecule has 0 spiro atoms. The lowest BCUT2D eigenvalue weighted by Crippen LogP contribution is -2.42. The first-order valence-electron chi connectivity index (χ1n) is 23.5. The summed E-state index contributed by atoms with van der Waals surface area (Å²) in [4.78, 5) is 0. The van der Waals surface area contributed by atoms with Crippen molar-refractivity contribution in [1.82, 2.24) is 0 Å². The summed E-state index contributed by atoms with van der Waals surface area (Å²) < 4.78 is 6.62. The first-order valence-corrected chi connectivity index (χ1v) is 26.6. The van der Waals surface area contributed by atoms with E-state index in [1.165, 1.54) is 101 Å². The van der Waals surface area contributed by atoms with Crippen LogP contribution in [-0.4, -0.2) is 15.2 Å². The van der Waals surface area contributed by atoms with E-state index in [0.29, 0.717) is 11.1 Å².